The van der Waals surface area contributed by atoms with E-state index in [1.54, 1.807) is 11.3 Å². The van der Waals surface area contributed by atoms with E-state index in [9.17, 15) is 0 Å². The summed E-state index contributed by atoms with van der Waals surface area (Å²) in [6.45, 7) is 8.31. The van der Waals surface area contributed by atoms with E-state index in [0.29, 0.717) is 19.0 Å². The SMILES string of the molecule is CSCCCNC(=NCc1nnc(C)n1C)NCc1nc(C(C)C)cs1.I. The minimum Gasteiger partial charge on any atom is -0.356 e. The third-order valence-corrected chi connectivity index (χ3v) is 5.51. The Morgan fingerprint density at radius 2 is 2.11 bits per heavy atom. The number of nitrogens with one attached hydrogen (secondary N) is 2. The quantitative estimate of drug-likeness (QED) is 0.227. The molecule has 0 aliphatic heterocycles. The van der Waals surface area contributed by atoms with Crippen molar-refractivity contribution >= 4 is 53.0 Å². The molecule has 2 aromatic rings. The molecule has 0 radical (unpaired) electrons. The van der Waals surface area contributed by atoms with Gasteiger partial charge < -0.3 is 15.2 Å². The topological polar surface area (TPSA) is 80.0 Å². The Balaban J connectivity index is 0.00000364. The summed E-state index contributed by atoms with van der Waals surface area (Å²) in [6, 6.07) is 0. The Bertz CT molecular complexity index is 712. The summed E-state index contributed by atoms with van der Waals surface area (Å²) in [6.07, 6.45) is 3.22. The molecule has 0 aliphatic rings. The van der Waals surface area contributed by atoms with E-state index in [1.807, 2.05) is 30.3 Å². The van der Waals surface area contributed by atoms with Gasteiger partial charge in [-0.3, -0.25) is 0 Å². The first kappa shape index (κ1) is 24.2. The van der Waals surface area contributed by atoms with Gasteiger partial charge in [-0.25, -0.2) is 9.98 Å². The van der Waals surface area contributed by atoms with Crippen LogP contribution in [0, 0.1) is 6.92 Å². The molecule has 0 unspecified atom stereocenters. The molecule has 0 fully saturated rings. The van der Waals surface area contributed by atoms with Gasteiger partial charge in [-0.15, -0.1) is 45.5 Å². The third kappa shape index (κ3) is 7.94. The molecule has 27 heavy (non-hydrogen) atoms. The molecule has 0 spiro atoms. The maximum Gasteiger partial charge on any atom is 0.192 e. The molecule has 0 saturated heterocycles. The summed E-state index contributed by atoms with van der Waals surface area (Å²) in [7, 11) is 1.96. The van der Waals surface area contributed by atoms with Crippen molar-refractivity contribution < 1.29 is 0 Å². The molecule has 0 saturated carbocycles. The molecule has 2 N–H and O–H groups in total. The number of hydrogen-bond donors (Lipinski definition) is 2. The highest BCUT2D eigenvalue weighted by atomic mass is 127. The van der Waals surface area contributed by atoms with Gasteiger partial charge in [-0.1, -0.05) is 13.8 Å². The van der Waals surface area contributed by atoms with Gasteiger partial charge in [-0.2, -0.15) is 11.8 Å². The van der Waals surface area contributed by atoms with Crippen LogP contribution in [0.2, 0.25) is 0 Å². The number of aryl methyl sites for hydroxylation is 1. The lowest BCUT2D eigenvalue weighted by Gasteiger charge is -2.11. The minimum atomic E-state index is 0. The Kier molecular flexibility index (Phi) is 11.2. The standard InChI is InChI=1S/C17H29N7S2.HI/c1-12(2)14-11-26-16(21-14)10-20-17(18-7-6-8-25-5)19-9-15-23-22-13(3)24(15)4;/h11-12H,6-10H2,1-5H3,(H2,18,19,20);1H. The molecule has 0 atom stereocenters. The van der Waals surface area contributed by atoms with Gasteiger partial charge in [0.2, 0.25) is 0 Å². The summed E-state index contributed by atoms with van der Waals surface area (Å²) in [5.74, 6) is 4.11. The van der Waals surface area contributed by atoms with Crippen LogP contribution in [0.25, 0.3) is 0 Å². The zero-order chi connectivity index (χ0) is 18.9. The number of guanidine groups is 1. The summed E-state index contributed by atoms with van der Waals surface area (Å²) in [5.41, 5.74) is 1.15. The zero-order valence-corrected chi connectivity index (χ0v) is 20.6. The normalized spacial score (nSPS) is 11.6. The highest BCUT2D eigenvalue weighted by Gasteiger charge is 2.08. The fraction of sp³-hybridized carbons (Fsp3) is 0.647. The number of halogens is 1. The molecule has 2 heterocycles. The number of hydrogen-bond acceptors (Lipinski definition) is 6. The van der Waals surface area contributed by atoms with E-state index < -0.39 is 0 Å². The first-order valence-corrected chi connectivity index (χ1v) is 11.1. The second-order valence-corrected chi connectivity index (χ2v) is 8.26. The van der Waals surface area contributed by atoms with E-state index in [1.165, 1.54) is 0 Å². The van der Waals surface area contributed by atoms with Crippen LogP contribution in [0.15, 0.2) is 10.4 Å². The van der Waals surface area contributed by atoms with Crippen molar-refractivity contribution in [2.45, 2.75) is 46.2 Å². The monoisotopic (exact) mass is 523 g/mol. The predicted octanol–water partition coefficient (Wildman–Crippen LogP) is 3.31. The fourth-order valence-electron chi connectivity index (χ4n) is 2.17. The molecule has 0 bridgehead atoms. The minimum absolute atomic E-state index is 0. The number of aromatic nitrogens is 4. The lowest BCUT2D eigenvalue weighted by Crippen LogP contribution is -2.37. The number of thioether (sulfide) groups is 1. The highest BCUT2D eigenvalue weighted by Crippen LogP contribution is 2.17. The molecule has 2 aromatic heterocycles. The Morgan fingerprint density at radius 3 is 2.70 bits per heavy atom. The zero-order valence-electron chi connectivity index (χ0n) is 16.7. The first-order valence-electron chi connectivity index (χ1n) is 8.81. The number of nitrogens with zero attached hydrogens (tertiary/aromatic N) is 5. The van der Waals surface area contributed by atoms with Crippen molar-refractivity contribution in [2.24, 2.45) is 12.0 Å². The molecule has 10 heteroatoms. The maximum absolute atomic E-state index is 4.67. The van der Waals surface area contributed by atoms with Crippen molar-refractivity contribution in [3.63, 3.8) is 0 Å². The summed E-state index contributed by atoms with van der Waals surface area (Å²) in [5, 5.41) is 18.2. The van der Waals surface area contributed by atoms with Crippen molar-refractivity contribution in [2.75, 3.05) is 18.6 Å². The first-order chi connectivity index (χ1) is 12.5. The molecule has 0 aliphatic carbocycles. The molecule has 2 rings (SSSR count). The van der Waals surface area contributed by atoms with Crippen LogP contribution in [-0.2, 0) is 20.1 Å². The molecular weight excluding hydrogens is 493 g/mol. The molecular formula is C17H30IN7S2. The smallest absolute Gasteiger partial charge is 0.192 e. The molecule has 7 nitrogen and oxygen atoms in total. The fourth-order valence-corrected chi connectivity index (χ4v) is 3.50. The number of rotatable bonds is 9. The Labute approximate surface area is 187 Å². The van der Waals surface area contributed by atoms with Crippen LogP contribution in [-0.4, -0.2) is 44.3 Å². The van der Waals surface area contributed by atoms with Gasteiger partial charge in [0, 0.05) is 19.0 Å². The van der Waals surface area contributed by atoms with Gasteiger partial charge in [0.25, 0.3) is 0 Å². The molecule has 0 amide bonds. The van der Waals surface area contributed by atoms with Gasteiger partial charge in [0.15, 0.2) is 11.8 Å². The average Bonchev–Trinajstić information content (AvgIpc) is 3.22. The van der Waals surface area contributed by atoms with Gasteiger partial charge in [0.05, 0.1) is 12.2 Å². The molecule has 0 aromatic carbocycles. The van der Waals surface area contributed by atoms with Crippen molar-refractivity contribution in [3.8, 4) is 0 Å². The largest absolute Gasteiger partial charge is 0.356 e. The van der Waals surface area contributed by atoms with Gasteiger partial charge >= 0.3 is 0 Å². The van der Waals surface area contributed by atoms with Crippen molar-refractivity contribution in [1.82, 2.24) is 30.4 Å². The van der Waals surface area contributed by atoms with Crippen molar-refractivity contribution in [1.29, 1.82) is 0 Å². The van der Waals surface area contributed by atoms with E-state index in [2.05, 4.69) is 56.3 Å². The van der Waals surface area contributed by atoms with Crippen LogP contribution >= 0.6 is 47.1 Å². The van der Waals surface area contributed by atoms with Crippen LogP contribution < -0.4 is 10.6 Å². The van der Waals surface area contributed by atoms with Crippen LogP contribution in [0.1, 0.15) is 48.5 Å². The second kappa shape index (κ2) is 12.6. The van der Waals surface area contributed by atoms with Crippen molar-refractivity contribution in [3.05, 3.63) is 27.7 Å². The van der Waals surface area contributed by atoms with Gasteiger partial charge in [-0.05, 0) is 31.3 Å². The van der Waals surface area contributed by atoms with E-state index in [-0.39, 0.29) is 24.0 Å². The Hall–Kier alpha value is -0.880. The van der Waals surface area contributed by atoms with E-state index in [0.717, 1.165) is 47.0 Å². The summed E-state index contributed by atoms with van der Waals surface area (Å²) >= 11 is 3.54. The van der Waals surface area contributed by atoms with Gasteiger partial charge in [0.1, 0.15) is 17.4 Å². The lowest BCUT2D eigenvalue weighted by atomic mass is 10.2. The Morgan fingerprint density at radius 1 is 1.33 bits per heavy atom. The van der Waals surface area contributed by atoms with Crippen LogP contribution in [0.4, 0.5) is 0 Å². The summed E-state index contributed by atoms with van der Waals surface area (Å²) < 4.78 is 1.96. The lowest BCUT2D eigenvalue weighted by molar-refractivity contribution is 0.741. The third-order valence-electron chi connectivity index (χ3n) is 3.95. The number of thiazole rings is 1. The number of aliphatic imine (C=N–C) groups is 1. The predicted molar refractivity (Wildman–Crippen MR) is 126 cm³/mol. The van der Waals surface area contributed by atoms with E-state index >= 15 is 0 Å². The second-order valence-electron chi connectivity index (χ2n) is 6.33. The average molecular weight is 524 g/mol. The van der Waals surface area contributed by atoms with Crippen LogP contribution in [0.3, 0.4) is 0 Å². The summed E-state index contributed by atoms with van der Waals surface area (Å²) in [4.78, 5) is 9.33. The van der Waals surface area contributed by atoms with Crippen LogP contribution in [0.5, 0.6) is 0 Å². The molecule has 152 valence electrons. The van der Waals surface area contributed by atoms with E-state index in [4.69, 9.17) is 0 Å². The highest BCUT2D eigenvalue weighted by molar-refractivity contribution is 14.0. The maximum atomic E-state index is 4.67.